The Hall–Kier alpha value is -2.37. The van der Waals surface area contributed by atoms with Gasteiger partial charge < -0.3 is 14.9 Å². The van der Waals surface area contributed by atoms with Gasteiger partial charge in [-0.05, 0) is 18.3 Å². The highest BCUT2D eigenvalue weighted by atomic mass is 16.6. The maximum absolute atomic E-state index is 12.0. The van der Waals surface area contributed by atoms with Gasteiger partial charge >= 0.3 is 17.9 Å². The van der Waals surface area contributed by atoms with Crippen LogP contribution in [0.3, 0.4) is 0 Å². The van der Waals surface area contributed by atoms with E-state index < -0.39 is 24.0 Å². The average Bonchev–Trinajstić information content (AvgIpc) is 2.43. The lowest BCUT2D eigenvalue weighted by atomic mass is 9.91. The first-order valence-electron chi connectivity index (χ1n) is 7.48. The van der Waals surface area contributed by atoms with Crippen molar-refractivity contribution in [3.05, 3.63) is 35.9 Å². The monoisotopic (exact) mass is 322 g/mol. The first-order chi connectivity index (χ1) is 10.8. The van der Waals surface area contributed by atoms with Crippen molar-refractivity contribution in [1.82, 2.24) is 0 Å². The minimum atomic E-state index is -1.38. The number of carboxylic acids is 2. The lowest BCUT2D eigenvalue weighted by Crippen LogP contribution is -2.22. The van der Waals surface area contributed by atoms with E-state index in [1.807, 2.05) is 13.8 Å². The van der Waals surface area contributed by atoms with Gasteiger partial charge in [-0.3, -0.25) is 9.59 Å². The van der Waals surface area contributed by atoms with Crippen LogP contribution in [-0.4, -0.2) is 28.1 Å². The van der Waals surface area contributed by atoms with Crippen LogP contribution < -0.4 is 0 Å². The van der Waals surface area contributed by atoms with E-state index in [0.29, 0.717) is 12.0 Å². The lowest BCUT2D eigenvalue weighted by Gasteiger charge is -2.19. The minimum Gasteiger partial charge on any atom is -0.481 e. The molecule has 1 unspecified atom stereocenters. The fourth-order valence-corrected chi connectivity index (χ4v) is 2.46. The van der Waals surface area contributed by atoms with Gasteiger partial charge in [-0.25, -0.2) is 4.79 Å². The van der Waals surface area contributed by atoms with Gasteiger partial charge in [0.05, 0.1) is 0 Å². The van der Waals surface area contributed by atoms with E-state index in [4.69, 9.17) is 9.84 Å². The first kappa shape index (κ1) is 18.7. The molecule has 0 saturated heterocycles. The third-order valence-electron chi connectivity index (χ3n) is 3.30. The zero-order valence-corrected chi connectivity index (χ0v) is 13.3. The van der Waals surface area contributed by atoms with Crippen molar-refractivity contribution in [2.75, 3.05) is 0 Å². The Balaban J connectivity index is 2.74. The summed E-state index contributed by atoms with van der Waals surface area (Å²) >= 11 is 0. The standard InChI is InChI=1S/C17H22O6/c1-11(2)8-12(9-14(18)19)10-15(20)23-16(17(21)22)13-6-4-3-5-7-13/h3-7,11-12,16H,8-10H2,1-2H3,(H,18,19)(H,21,22)/t12-,16?/m0/s1. The molecule has 0 aliphatic rings. The second-order valence-corrected chi connectivity index (χ2v) is 5.92. The van der Waals surface area contributed by atoms with Crippen molar-refractivity contribution in [3.63, 3.8) is 0 Å². The van der Waals surface area contributed by atoms with E-state index in [2.05, 4.69) is 0 Å². The number of carboxylic acid groups (broad SMARTS) is 2. The molecule has 0 saturated carbocycles. The largest absolute Gasteiger partial charge is 0.481 e. The molecule has 0 radical (unpaired) electrons. The van der Waals surface area contributed by atoms with E-state index in [9.17, 15) is 19.5 Å². The summed E-state index contributed by atoms with van der Waals surface area (Å²) in [6.07, 6.45) is -1.07. The summed E-state index contributed by atoms with van der Waals surface area (Å²) in [6.45, 7) is 3.87. The van der Waals surface area contributed by atoms with E-state index in [1.165, 1.54) is 0 Å². The minimum absolute atomic E-state index is 0.110. The number of esters is 1. The summed E-state index contributed by atoms with van der Waals surface area (Å²) in [6, 6.07) is 8.18. The molecular formula is C17H22O6. The Bertz CT molecular complexity index is 537. The summed E-state index contributed by atoms with van der Waals surface area (Å²) < 4.78 is 5.06. The molecule has 1 aromatic carbocycles. The van der Waals surface area contributed by atoms with Crippen molar-refractivity contribution < 1.29 is 29.3 Å². The highest BCUT2D eigenvalue weighted by Crippen LogP contribution is 2.23. The fraction of sp³-hybridized carbons (Fsp3) is 0.471. The Morgan fingerprint density at radius 1 is 1.04 bits per heavy atom. The van der Waals surface area contributed by atoms with Gasteiger partial charge in [-0.15, -0.1) is 0 Å². The molecule has 126 valence electrons. The van der Waals surface area contributed by atoms with Crippen LogP contribution in [0, 0.1) is 11.8 Å². The summed E-state index contributed by atoms with van der Waals surface area (Å²) in [7, 11) is 0. The van der Waals surface area contributed by atoms with E-state index in [1.54, 1.807) is 30.3 Å². The van der Waals surface area contributed by atoms with Crippen molar-refractivity contribution in [3.8, 4) is 0 Å². The van der Waals surface area contributed by atoms with Gasteiger partial charge in [0.25, 0.3) is 0 Å². The predicted octanol–water partition coefficient (Wildman–Crippen LogP) is 2.88. The molecule has 2 atom stereocenters. The third kappa shape index (κ3) is 6.95. The Morgan fingerprint density at radius 2 is 1.65 bits per heavy atom. The maximum Gasteiger partial charge on any atom is 0.349 e. The molecule has 0 bridgehead atoms. The summed E-state index contributed by atoms with van der Waals surface area (Å²) in [5.74, 6) is -3.08. The predicted molar refractivity (Wildman–Crippen MR) is 82.7 cm³/mol. The normalized spacial score (nSPS) is 13.3. The number of hydrogen-bond acceptors (Lipinski definition) is 4. The number of carbonyl (C=O) groups excluding carboxylic acids is 1. The molecule has 1 rings (SSSR count). The molecule has 2 N–H and O–H groups in total. The van der Waals surface area contributed by atoms with Gasteiger partial charge in [0.2, 0.25) is 6.10 Å². The van der Waals surface area contributed by atoms with Gasteiger partial charge in [0, 0.05) is 18.4 Å². The van der Waals surface area contributed by atoms with Crippen LogP contribution in [0.2, 0.25) is 0 Å². The van der Waals surface area contributed by atoms with Crippen molar-refractivity contribution in [2.45, 2.75) is 39.2 Å². The number of aliphatic carboxylic acids is 2. The molecule has 0 heterocycles. The van der Waals surface area contributed by atoms with Gasteiger partial charge in [-0.2, -0.15) is 0 Å². The van der Waals surface area contributed by atoms with Gasteiger partial charge in [0.15, 0.2) is 0 Å². The summed E-state index contributed by atoms with van der Waals surface area (Å²) in [5.41, 5.74) is 0.368. The van der Waals surface area contributed by atoms with E-state index in [-0.39, 0.29) is 24.7 Å². The van der Waals surface area contributed by atoms with Crippen molar-refractivity contribution in [2.24, 2.45) is 11.8 Å². The number of hydrogen-bond donors (Lipinski definition) is 2. The van der Waals surface area contributed by atoms with Gasteiger partial charge in [0.1, 0.15) is 0 Å². The zero-order chi connectivity index (χ0) is 17.4. The Morgan fingerprint density at radius 3 is 2.13 bits per heavy atom. The molecule has 1 aromatic rings. The highest BCUT2D eigenvalue weighted by Gasteiger charge is 2.26. The number of carbonyl (C=O) groups is 3. The Labute approximate surface area is 135 Å². The zero-order valence-electron chi connectivity index (χ0n) is 13.3. The van der Waals surface area contributed by atoms with E-state index in [0.717, 1.165) is 0 Å². The van der Waals surface area contributed by atoms with Crippen LogP contribution in [0.4, 0.5) is 0 Å². The van der Waals surface area contributed by atoms with Gasteiger partial charge in [-0.1, -0.05) is 44.2 Å². The number of rotatable bonds is 9. The first-order valence-corrected chi connectivity index (χ1v) is 7.48. The van der Waals surface area contributed by atoms with Crippen LogP contribution in [0.25, 0.3) is 0 Å². The fourth-order valence-electron chi connectivity index (χ4n) is 2.46. The van der Waals surface area contributed by atoms with Crippen LogP contribution in [0.1, 0.15) is 44.8 Å². The topological polar surface area (TPSA) is 101 Å². The molecule has 0 fully saturated rings. The molecule has 0 aliphatic heterocycles. The molecule has 23 heavy (non-hydrogen) atoms. The maximum atomic E-state index is 12.0. The van der Waals surface area contributed by atoms with Crippen molar-refractivity contribution in [1.29, 1.82) is 0 Å². The quantitative estimate of drug-likeness (QED) is 0.678. The highest BCUT2D eigenvalue weighted by molar-refractivity contribution is 5.79. The van der Waals surface area contributed by atoms with Crippen molar-refractivity contribution >= 4 is 17.9 Å². The third-order valence-corrected chi connectivity index (χ3v) is 3.30. The second-order valence-electron chi connectivity index (χ2n) is 5.92. The van der Waals surface area contributed by atoms with Crippen LogP contribution in [0.5, 0.6) is 0 Å². The number of benzene rings is 1. The molecule has 0 spiro atoms. The van der Waals surface area contributed by atoms with Crippen LogP contribution in [0.15, 0.2) is 30.3 Å². The van der Waals surface area contributed by atoms with E-state index >= 15 is 0 Å². The SMILES string of the molecule is CC(C)C[C@@H](CC(=O)O)CC(=O)OC(C(=O)O)c1ccccc1. The molecule has 6 heteroatoms. The average molecular weight is 322 g/mol. The smallest absolute Gasteiger partial charge is 0.349 e. The van der Waals surface area contributed by atoms with Crippen LogP contribution >= 0.6 is 0 Å². The number of ether oxygens (including phenoxy) is 1. The second kappa shape index (κ2) is 8.92. The Kier molecular flexibility index (Phi) is 7.25. The molecule has 0 aromatic heterocycles. The lowest BCUT2D eigenvalue weighted by molar-refractivity contribution is -0.165. The molecule has 6 nitrogen and oxygen atoms in total. The molecule has 0 aliphatic carbocycles. The summed E-state index contributed by atoms with van der Waals surface area (Å²) in [5, 5.41) is 18.1. The summed E-state index contributed by atoms with van der Waals surface area (Å²) in [4.78, 5) is 34.2. The molecule has 0 amide bonds. The molecular weight excluding hydrogens is 300 g/mol. The van der Waals surface area contributed by atoms with Crippen LogP contribution in [-0.2, 0) is 19.1 Å².